The van der Waals surface area contributed by atoms with Crippen molar-refractivity contribution in [3.05, 3.63) is 38.7 Å². The first-order valence-electron chi connectivity index (χ1n) is 5.23. The fraction of sp³-hybridized carbons (Fsp3) is 0.250. The summed E-state index contributed by atoms with van der Waals surface area (Å²) in [7, 11) is 0. The van der Waals surface area contributed by atoms with Gasteiger partial charge < -0.3 is 0 Å². The average molecular weight is 362 g/mol. The minimum absolute atomic E-state index is 0.277. The van der Waals surface area contributed by atoms with Gasteiger partial charge in [-0.25, -0.2) is 4.39 Å². The molecule has 1 aromatic carbocycles. The molecule has 0 atom stereocenters. The van der Waals surface area contributed by atoms with Crippen molar-refractivity contribution in [2.75, 3.05) is 0 Å². The van der Waals surface area contributed by atoms with Gasteiger partial charge in [0.25, 0.3) is 0 Å². The predicted molar refractivity (Wildman–Crippen MR) is 73.4 cm³/mol. The lowest BCUT2D eigenvalue weighted by Gasteiger charge is -2.00. The predicted octanol–water partition coefficient (Wildman–Crippen LogP) is 4.54. The van der Waals surface area contributed by atoms with Crippen LogP contribution in [0.1, 0.15) is 12.6 Å². The van der Waals surface area contributed by atoms with Gasteiger partial charge in [-0.15, -0.1) is 0 Å². The lowest BCUT2D eigenvalue weighted by Crippen LogP contribution is -1.98. The summed E-state index contributed by atoms with van der Waals surface area (Å²) < 4.78 is 17.3. The molecule has 17 heavy (non-hydrogen) atoms. The van der Waals surface area contributed by atoms with Crippen LogP contribution in [0.2, 0.25) is 0 Å². The lowest BCUT2D eigenvalue weighted by molar-refractivity contribution is 0.623. The minimum Gasteiger partial charge on any atom is -0.268 e. The molecule has 0 fully saturated rings. The molecule has 0 radical (unpaired) electrons. The fourth-order valence-corrected chi connectivity index (χ4v) is 2.52. The van der Waals surface area contributed by atoms with Gasteiger partial charge in [-0.2, -0.15) is 5.10 Å². The van der Waals surface area contributed by atoms with E-state index in [1.165, 1.54) is 6.07 Å². The molecule has 1 heterocycles. The maximum absolute atomic E-state index is 13.9. The highest BCUT2D eigenvalue weighted by Gasteiger charge is 2.16. The van der Waals surface area contributed by atoms with Crippen LogP contribution in [0.15, 0.2) is 27.1 Å². The van der Waals surface area contributed by atoms with Crippen molar-refractivity contribution >= 4 is 31.9 Å². The van der Waals surface area contributed by atoms with Crippen LogP contribution in [0.4, 0.5) is 4.39 Å². The van der Waals surface area contributed by atoms with Gasteiger partial charge in [0.1, 0.15) is 11.5 Å². The molecule has 0 unspecified atom stereocenters. The summed E-state index contributed by atoms with van der Waals surface area (Å²) in [5, 5.41) is 4.40. The highest BCUT2D eigenvalue weighted by molar-refractivity contribution is 9.10. The summed E-state index contributed by atoms with van der Waals surface area (Å²) in [6, 6.07) is 4.99. The van der Waals surface area contributed by atoms with Crippen molar-refractivity contribution in [1.29, 1.82) is 0 Å². The normalized spacial score (nSPS) is 10.9. The first-order chi connectivity index (χ1) is 8.04. The molecule has 2 aromatic rings. The van der Waals surface area contributed by atoms with Gasteiger partial charge in [-0.3, -0.25) is 4.68 Å². The Morgan fingerprint density at radius 1 is 1.35 bits per heavy atom. The molecule has 2 nitrogen and oxygen atoms in total. The lowest BCUT2D eigenvalue weighted by atomic mass is 10.1. The van der Waals surface area contributed by atoms with E-state index >= 15 is 0 Å². The molecule has 90 valence electrons. The molecular formula is C12H11Br2FN2. The summed E-state index contributed by atoms with van der Waals surface area (Å²) in [6.45, 7) is 4.73. The van der Waals surface area contributed by atoms with Gasteiger partial charge in [0.15, 0.2) is 0 Å². The van der Waals surface area contributed by atoms with E-state index < -0.39 is 0 Å². The minimum atomic E-state index is -0.277. The second-order valence-corrected chi connectivity index (χ2v) is 5.40. The van der Waals surface area contributed by atoms with E-state index in [2.05, 4.69) is 37.0 Å². The molecule has 0 spiro atoms. The Bertz CT molecular complexity index is 564. The summed E-state index contributed by atoms with van der Waals surface area (Å²) in [5.41, 5.74) is 2.16. The third-order valence-electron chi connectivity index (χ3n) is 2.62. The van der Waals surface area contributed by atoms with E-state index in [1.54, 1.807) is 6.07 Å². The smallest absolute Gasteiger partial charge is 0.133 e. The van der Waals surface area contributed by atoms with Crippen LogP contribution < -0.4 is 0 Å². The molecule has 2 rings (SSSR count). The van der Waals surface area contributed by atoms with E-state index in [-0.39, 0.29) is 5.82 Å². The number of hydrogen-bond donors (Lipinski definition) is 0. The summed E-state index contributed by atoms with van der Waals surface area (Å²) >= 11 is 6.71. The van der Waals surface area contributed by atoms with Crippen LogP contribution in [-0.4, -0.2) is 9.78 Å². The van der Waals surface area contributed by atoms with E-state index in [0.717, 1.165) is 21.2 Å². The van der Waals surface area contributed by atoms with E-state index in [0.29, 0.717) is 11.3 Å². The molecule has 0 bridgehead atoms. The topological polar surface area (TPSA) is 17.8 Å². The molecule has 0 amide bonds. The molecule has 0 saturated heterocycles. The first kappa shape index (κ1) is 12.8. The Balaban J connectivity index is 2.60. The highest BCUT2D eigenvalue weighted by atomic mass is 79.9. The number of benzene rings is 1. The quantitative estimate of drug-likeness (QED) is 0.767. The number of hydrogen-bond acceptors (Lipinski definition) is 1. The summed E-state index contributed by atoms with van der Waals surface area (Å²) in [5.74, 6) is -0.277. The van der Waals surface area contributed by atoms with E-state index in [4.69, 9.17) is 0 Å². The zero-order valence-corrected chi connectivity index (χ0v) is 12.6. The van der Waals surface area contributed by atoms with Crippen LogP contribution in [-0.2, 0) is 6.54 Å². The zero-order chi connectivity index (χ0) is 12.6. The van der Waals surface area contributed by atoms with E-state index in [1.807, 2.05) is 24.6 Å². The molecule has 0 aliphatic rings. The number of aryl methyl sites for hydroxylation is 1. The van der Waals surface area contributed by atoms with Gasteiger partial charge in [0, 0.05) is 16.6 Å². The standard InChI is InChI=1S/C12H11Br2FN2/c1-3-17-7(2)11(14)12(16-17)9-5-4-8(13)6-10(9)15/h4-6H,3H2,1-2H3. The fourth-order valence-electron chi connectivity index (χ4n) is 1.69. The molecule has 0 aliphatic heterocycles. The second-order valence-electron chi connectivity index (χ2n) is 3.69. The van der Waals surface area contributed by atoms with Gasteiger partial charge in [0.05, 0.1) is 10.2 Å². The molecule has 0 saturated carbocycles. The third kappa shape index (κ3) is 2.31. The van der Waals surface area contributed by atoms with Crippen LogP contribution >= 0.6 is 31.9 Å². The molecule has 0 aliphatic carbocycles. The van der Waals surface area contributed by atoms with Crippen molar-refractivity contribution in [1.82, 2.24) is 9.78 Å². The second kappa shape index (κ2) is 4.90. The average Bonchev–Trinajstić information content (AvgIpc) is 2.57. The van der Waals surface area contributed by atoms with Crippen LogP contribution in [0.25, 0.3) is 11.3 Å². The van der Waals surface area contributed by atoms with Gasteiger partial charge >= 0.3 is 0 Å². The molecule has 1 aromatic heterocycles. The summed E-state index contributed by atoms with van der Waals surface area (Å²) in [4.78, 5) is 0. The van der Waals surface area contributed by atoms with Gasteiger partial charge in [0.2, 0.25) is 0 Å². The number of aromatic nitrogens is 2. The van der Waals surface area contributed by atoms with Crippen LogP contribution in [0.3, 0.4) is 0 Å². The zero-order valence-electron chi connectivity index (χ0n) is 9.47. The van der Waals surface area contributed by atoms with Crippen LogP contribution in [0, 0.1) is 12.7 Å². The maximum atomic E-state index is 13.9. The van der Waals surface area contributed by atoms with Crippen molar-refractivity contribution in [2.24, 2.45) is 0 Å². The molecule has 5 heteroatoms. The Morgan fingerprint density at radius 3 is 2.59 bits per heavy atom. The van der Waals surface area contributed by atoms with Gasteiger partial charge in [-0.1, -0.05) is 15.9 Å². The third-order valence-corrected chi connectivity index (χ3v) is 4.06. The van der Waals surface area contributed by atoms with Crippen molar-refractivity contribution in [3.63, 3.8) is 0 Å². The van der Waals surface area contributed by atoms with Crippen molar-refractivity contribution in [3.8, 4) is 11.3 Å². The van der Waals surface area contributed by atoms with Crippen molar-refractivity contribution < 1.29 is 4.39 Å². The number of rotatable bonds is 2. The SMILES string of the molecule is CCn1nc(-c2ccc(Br)cc2F)c(Br)c1C. The van der Waals surface area contributed by atoms with Crippen molar-refractivity contribution in [2.45, 2.75) is 20.4 Å². The Hall–Kier alpha value is -0.680. The molecular weight excluding hydrogens is 351 g/mol. The van der Waals surface area contributed by atoms with Gasteiger partial charge in [-0.05, 0) is 48.0 Å². The highest BCUT2D eigenvalue weighted by Crippen LogP contribution is 2.32. The Kier molecular flexibility index (Phi) is 3.68. The Morgan fingerprint density at radius 2 is 2.06 bits per heavy atom. The first-order valence-corrected chi connectivity index (χ1v) is 6.81. The van der Waals surface area contributed by atoms with Crippen LogP contribution in [0.5, 0.6) is 0 Å². The molecule has 0 N–H and O–H groups in total. The maximum Gasteiger partial charge on any atom is 0.133 e. The largest absolute Gasteiger partial charge is 0.268 e. The number of nitrogens with zero attached hydrogens (tertiary/aromatic N) is 2. The Labute approximate surface area is 116 Å². The van der Waals surface area contributed by atoms with E-state index in [9.17, 15) is 4.39 Å². The summed E-state index contributed by atoms with van der Waals surface area (Å²) in [6.07, 6.45) is 0. The number of halogens is 3. The monoisotopic (exact) mass is 360 g/mol.